The average Bonchev–Trinajstić information content (AvgIpc) is 3.20. The zero-order valence-electron chi connectivity index (χ0n) is 23.2. The molecule has 11 heteroatoms. The number of esters is 1. The molecule has 2 aliphatic heterocycles. The molecule has 10 nitrogen and oxygen atoms in total. The van der Waals surface area contributed by atoms with Crippen LogP contribution in [0.25, 0.3) is 0 Å². The molecular formula is C29H35ClN4O6. The van der Waals surface area contributed by atoms with Crippen LogP contribution >= 0.6 is 11.6 Å². The average molecular weight is 571 g/mol. The van der Waals surface area contributed by atoms with E-state index in [1.807, 2.05) is 4.90 Å². The van der Waals surface area contributed by atoms with Crippen molar-refractivity contribution < 1.29 is 28.6 Å². The molecule has 0 spiro atoms. The highest BCUT2D eigenvalue weighted by molar-refractivity contribution is 6.30. The summed E-state index contributed by atoms with van der Waals surface area (Å²) in [5, 5.41) is 3.52. The molecule has 1 fully saturated rings. The van der Waals surface area contributed by atoms with Crippen LogP contribution in [0.1, 0.15) is 35.3 Å². The molecule has 0 aliphatic carbocycles. The summed E-state index contributed by atoms with van der Waals surface area (Å²) < 4.78 is 16.3. The maximum Gasteiger partial charge on any atom is 0.338 e. The van der Waals surface area contributed by atoms with Gasteiger partial charge in [0.25, 0.3) is 5.91 Å². The summed E-state index contributed by atoms with van der Waals surface area (Å²) in [6, 6.07) is 11.1. The van der Waals surface area contributed by atoms with Crippen molar-refractivity contribution in [1.29, 1.82) is 0 Å². The SMILES string of the molecule is CCOC(=O)C1=C(CN2CCCN(C(=O)c3ccc(Cl)cc3)CC2)N(C)C(=O)NC1c1ccc(OC)c(OC)c1. The summed E-state index contributed by atoms with van der Waals surface area (Å²) in [5.41, 5.74) is 2.16. The van der Waals surface area contributed by atoms with Gasteiger partial charge in [-0.2, -0.15) is 0 Å². The fourth-order valence-corrected chi connectivity index (χ4v) is 5.13. The third-order valence-corrected chi connectivity index (χ3v) is 7.41. The van der Waals surface area contributed by atoms with E-state index in [0.717, 1.165) is 6.42 Å². The lowest BCUT2D eigenvalue weighted by molar-refractivity contribution is -0.139. The predicted octanol–water partition coefficient (Wildman–Crippen LogP) is 3.72. The molecule has 2 heterocycles. The highest BCUT2D eigenvalue weighted by atomic mass is 35.5. The fraction of sp³-hybridized carbons (Fsp3) is 0.414. The first-order valence-electron chi connectivity index (χ1n) is 13.2. The number of rotatable bonds is 8. The maximum absolute atomic E-state index is 13.4. The number of carbonyl (C=O) groups excluding carboxylic acids is 3. The van der Waals surface area contributed by atoms with Crippen LogP contribution in [-0.2, 0) is 9.53 Å². The van der Waals surface area contributed by atoms with Crippen LogP contribution in [0.5, 0.6) is 11.5 Å². The number of benzene rings is 2. The topological polar surface area (TPSA) is 101 Å². The first-order chi connectivity index (χ1) is 19.3. The van der Waals surface area contributed by atoms with E-state index in [1.165, 1.54) is 12.0 Å². The van der Waals surface area contributed by atoms with Gasteiger partial charge in [0, 0.05) is 56.1 Å². The van der Waals surface area contributed by atoms with Crippen LogP contribution in [0.3, 0.4) is 0 Å². The molecule has 2 aliphatic rings. The molecule has 2 aromatic carbocycles. The normalized spacial score (nSPS) is 18.2. The Labute approximate surface area is 239 Å². The third kappa shape index (κ3) is 6.34. The van der Waals surface area contributed by atoms with E-state index in [2.05, 4.69) is 10.2 Å². The monoisotopic (exact) mass is 570 g/mol. The lowest BCUT2D eigenvalue weighted by Crippen LogP contribution is -2.49. The number of nitrogens with zero attached hydrogens (tertiary/aromatic N) is 3. The van der Waals surface area contributed by atoms with Gasteiger partial charge in [0.05, 0.1) is 32.4 Å². The number of carbonyl (C=O) groups is 3. The molecule has 1 N–H and O–H groups in total. The molecule has 3 amide bonds. The Morgan fingerprint density at radius 2 is 1.73 bits per heavy atom. The van der Waals surface area contributed by atoms with E-state index in [9.17, 15) is 14.4 Å². The first kappa shape index (κ1) is 29.2. The number of halogens is 1. The Bertz CT molecular complexity index is 1280. The number of ether oxygens (including phenoxy) is 3. The minimum Gasteiger partial charge on any atom is -0.493 e. The van der Waals surface area contributed by atoms with Crippen LogP contribution in [-0.4, -0.2) is 93.2 Å². The summed E-state index contributed by atoms with van der Waals surface area (Å²) in [6.45, 7) is 4.67. The van der Waals surface area contributed by atoms with Crippen LogP contribution in [0, 0.1) is 0 Å². The lowest BCUT2D eigenvalue weighted by atomic mass is 9.94. The van der Waals surface area contributed by atoms with Crippen molar-refractivity contribution in [3.63, 3.8) is 0 Å². The Kier molecular flexibility index (Phi) is 9.54. The number of urea groups is 1. The molecule has 0 aromatic heterocycles. The number of hydrogen-bond donors (Lipinski definition) is 1. The van der Waals surface area contributed by atoms with Crippen LogP contribution < -0.4 is 14.8 Å². The zero-order valence-corrected chi connectivity index (χ0v) is 24.0. The quantitative estimate of drug-likeness (QED) is 0.483. The molecule has 1 unspecified atom stereocenters. The second-order valence-electron chi connectivity index (χ2n) is 9.57. The Balaban J connectivity index is 1.62. The molecule has 0 radical (unpaired) electrons. The molecular weight excluding hydrogens is 536 g/mol. The first-order valence-corrected chi connectivity index (χ1v) is 13.6. The van der Waals surface area contributed by atoms with Gasteiger partial charge in [-0.3, -0.25) is 14.6 Å². The summed E-state index contributed by atoms with van der Waals surface area (Å²) in [5.74, 6) is 0.469. The minimum absolute atomic E-state index is 0.0485. The van der Waals surface area contributed by atoms with Crippen molar-refractivity contribution in [2.24, 2.45) is 0 Å². The molecule has 1 saturated heterocycles. The van der Waals surface area contributed by atoms with E-state index in [1.54, 1.807) is 63.5 Å². The largest absolute Gasteiger partial charge is 0.493 e. The van der Waals surface area contributed by atoms with Crippen molar-refractivity contribution in [1.82, 2.24) is 20.0 Å². The molecule has 0 bridgehead atoms. The molecule has 4 rings (SSSR count). The van der Waals surface area contributed by atoms with E-state index < -0.39 is 12.0 Å². The van der Waals surface area contributed by atoms with Gasteiger partial charge in [0.15, 0.2) is 11.5 Å². The van der Waals surface area contributed by atoms with Crippen LogP contribution in [0.4, 0.5) is 4.79 Å². The number of methoxy groups -OCH3 is 2. The zero-order chi connectivity index (χ0) is 28.8. The van der Waals surface area contributed by atoms with Crippen LogP contribution in [0.15, 0.2) is 53.7 Å². The number of nitrogens with one attached hydrogen (secondary N) is 1. The van der Waals surface area contributed by atoms with Crippen molar-refractivity contribution in [2.75, 3.05) is 60.6 Å². The Morgan fingerprint density at radius 3 is 2.40 bits per heavy atom. The molecule has 2 aromatic rings. The highest BCUT2D eigenvalue weighted by Crippen LogP contribution is 2.36. The van der Waals surface area contributed by atoms with Crippen molar-refractivity contribution in [3.8, 4) is 11.5 Å². The van der Waals surface area contributed by atoms with E-state index in [4.69, 9.17) is 25.8 Å². The van der Waals surface area contributed by atoms with Gasteiger partial charge < -0.3 is 24.4 Å². The van der Waals surface area contributed by atoms with Gasteiger partial charge >= 0.3 is 12.0 Å². The van der Waals surface area contributed by atoms with Gasteiger partial charge in [0.2, 0.25) is 0 Å². The second kappa shape index (κ2) is 13.1. The Morgan fingerprint density at radius 1 is 1.00 bits per heavy atom. The highest BCUT2D eigenvalue weighted by Gasteiger charge is 2.38. The molecule has 214 valence electrons. The van der Waals surface area contributed by atoms with Gasteiger partial charge in [-0.05, 0) is 55.3 Å². The fourth-order valence-electron chi connectivity index (χ4n) is 5.00. The standard InChI is InChI=1S/C29H35ClN4O6/c1-5-40-28(36)25-22(32(2)29(37)31-26(25)20-9-12-23(38-3)24(17-20)39-4)18-33-13-6-14-34(16-15-33)27(35)19-7-10-21(30)11-8-19/h7-12,17,26H,5-6,13-16,18H2,1-4H3,(H,31,37). The van der Waals surface area contributed by atoms with E-state index in [0.29, 0.717) is 71.6 Å². The second-order valence-corrected chi connectivity index (χ2v) is 10.0. The van der Waals surface area contributed by atoms with Gasteiger partial charge in [-0.1, -0.05) is 17.7 Å². The van der Waals surface area contributed by atoms with Crippen molar-refractivity contribution >= 4 is 29.5 Å². The molecule has 0 saturated carbocycles. The Hall–Kier alpha value is -3.76. The van der Waals surface area contributed by atoms with Gasteiger partial charge in [0.1, 0.15) is 0 Å². The number of likely N-dealkylation sites (N-methyl/N-ethyl adjacent to an activating group) is 1. The predicted molar refractivity (Wildman–Crippen MR) is 151 cm³/mol. The van der Waals surface area contributed by atoms with Gasteiger partial charge in [-0.15, -0.1) is 0 Å². The maximum atomic E-state index is 13.4. The summed E-state index contributed by atoms with van der Waals surface area (Å²) in [7, 11) is 4.72. The smallest absolute Gasteiger partial charge is 0.338 e. The number of amides is 3. The summed E-state index contributed by atoms with van der Waals surface area (Å²) in [4.78, 5) is 45.0. The molecule has 40 heavy (non-hydrogen) atoms. The lowest BCUT2D eigenvalue weighted by Gasteiger charge is -2.36. The van der Waals surface area contributed by atoms with Gasteiger partial charge in [-0.25, -0.2) is 9.59 Å². The molecule has 1 atom stereocenters. The van der Waals surface area contributed by atoms with Crippen LogP contribution in [0.2, 0.25) is 5.02 Å². The number of hydrogen-bond acceptors (Lipinski definition) is 7. The third-order valence-electron chi connectivity index (χ3n) is 7.15. The van der Waals surface area contributed by atoms with E-state index >= 15 is 0 Å². The summed E-state index contributed by atoms with van der Waals surface area (Å²) in [6.07, 6.45) is 0.746. The minimum atomic E-state index is -0.743. The van der Waals surface area contributed by atoms with E-state index in [-0.39, 0.29) is 18.5 Å². The van der Waals surface area contributed by atoms with Crippen molar-refractivity contribution in [3.05, 3.63) is 69.9 Å². The summed E-state index contributed by atoms with van der Waals surface area (Å²) >= 11 is 5.98. The van der Waals surface area contributed by atoms with Crippen molar-refractivity contribution in [2.45, 2.75) is 19.4 Å².